The minimum atomic E-state index is -3.69. The number of carbonyl (C=O) groups is 1. The summed E-state index contributed by atoms with van der Waals surface area (Å²) in [7, 11) is -0.659. The summed E-state index contributed by atoms with van der Waals surface area (Å²) in [5.41, 5.74) is 3.19. The van der Waals surface area contributed by atoms with Gasteiger partial charge in [-0.2, -0.15) is 9.41 Å². The third kappa shape index (κ3) is 4.78. The van der Waals surface area contributed by atoms with Crippen molar-refractivity contribution in [3.05, 3.63) is 53.6 Å². The zero-order valence-electron chi connectivity index (χ0n) is 16.7. The SMILES string of the molecule is COc1cccc(/C=N/NC(=O)c2cccc(S(=O)(=O)N3CCOCC3)c2)c1OC. The number of para-hydroxylation sites is 1. The Bertz CT molecular complexity index is 1030. The topological polar surface area (TPSA) is 107 Å². The van der Waals surface area contributed by atoms with Crippen LogP contribution in [0.2, 0.25) is 0 Å². The number of carbonyl (C=O) groups excluding carboxylic acids is 1. The van der Waals surface area contributed by atoms with Gasteiger partial charge < -0.3 is 14.2 Å². The van der Waals surface area contributed by atoms with Gasteiger partial charge in [0.05, 0.1) is 38.5 Å². The molecule has 2 aromatic carbocycles. The van der Waals surface area contributed by atoms with Gasteiger partial charge in [-0.05, 0) is 30.3 Å². The quantitative estimate of drug-likeness (QED) is 0.524. The van der Waals surface area contributed by atoms with Crippen molar-refractivity contribution >= 4 is 22.1 Å². The van der Waals surface area contributed by atoms with E-state index in [4.69, 9.17) is 14.2 Å². The Kier molecular flexibility index (Phi) is 7.03. The third-order valence-corrected chi connectivity index (χ3v) is 6.40. The molecule has 1 saturated heterocycles. The lowest BCUT2D eigenvalue weighted by Crippen LogP contribution is -2.40. The molecular weight excluding hydrogens is 410 g/mol. The maximum atomic E-state index is 12.8. The molecule has 1 aliphatic rings. The molecule has 10 heteroatoms. The van der Waals surface area contributed by atoms with Crippen LogP contribution in [0.5, 0.6) is 11.5 Å². The molecule has 0 saturated carbocycles. The van der Waals surface area contributed by atoms with E-state index in [9.17, 15) is 13.2 Å². The number of hydrogen-bond acceptors (Lipinski definition) is 7. The van der Waals surface area contributed by atoms with Gasteiger partial charge in [-0.3, -0.25) is 4.79 Å². The lowest BCUT2D eigenvalue weighted by Gasteiger charge is -2.26. The van der Waals surface area contributed by atoms with Gasteiger partial charge in [0.15, 0.2) is 11.5 Å². The molecule has 0 atom stereocenters. The van der Waals surface area contributed by atoms with E-state index in [0.29, 0.717) is 30.3 Å². The predicted molar refractivity (Wildman–Crippen MR) is 111 cm³/mol. The van der Waals surface area contributed by atoms with E-state index in [1.54, 1.807) is 18.2 Å². The van der Waals surface area contributed by atoms with Crippen molar-refractivity contribution in [1.82, 2.24) is 9.73 Å². The Balaban J connectivity index is 1.74. The van der Waals surface area contributed by atoms with E-state index in [-0.39, 0.29) is 23.5 Å². The first kappa shape index (κ1) is 21.8. The van der Waals surface area contributed by atoms with Crippen molar-refractivity contribution in [1.29, 1.82) is 0 Å². The number of amides is 1. The fourth-order valence-corrected chi connectivity index (χ4v) is 4.43. The van der Waals surface area contributed by atoms with Crippen molar-refractivity contribution in [2.45, 2.75) is 4.90 Å². The lowest BCUT2D eigenvalue weighted by atomic mass is 10.2. The summed E-state index contributed by atoms with van der Waals surface area (Å²) in [6.07, 6.45) is 1.42. The highest BCUT2D eigenvalue weighted by molar-refractivity contribution is 7.89. The molecule has 1 fully saturated rings. The highest BCUT2D eigenvalue weighted by Crippen LogP contribution is 2.29. The largest absolute Gasteiger partial charge is 0.493 e. The Hall–Kier alpha value is -2.95. The van der Waals surface area contributed by atoms with E-state index in [2.05, 4.69) is 10.5 Å². The second kappa shape index (κ2) is 9.70. The number of morpholine rings is 1. The van der Waals surface area contributed by atoms with E-state index in [1.165, 1.54) is 49.0 Å². The minimum absolute atomic E-state index is 0.0514. The van der Waals surface area contributed by atoms with Gasteiger partial charge in [0.25, 0.3) is 5.91 Å². The van der Waals surface area contributed by atoms with E-state index in [0.717, 1.165) is 0 Å². The van der Waals surface area contributed by atoms with Crippen LogP contribution in [-0.4, -0.2) is 65.4 Å². The maximum absolute atomic E-state index is 12.8. The van der Waals surface area contributed by atoms with Gasteiger partial charge in [0.1, 0.15) is 0 Å². The second-order valence-corrected chi connectivity index (χ2v) is 8.26. The molecule has 0 aromatic heterocycles. The van der Waals surface area contributed by atoms with Crippen LogP contribution in [-0.2, 0) is 14.8 Å². The lowest BCUT2D eigenvalue weighted by molar-refractivity contribution is 0.0730. The normalized spacial score (nSPS) is 15.1. The van der Waals surface area contributed by atoms with Crippen molar-refractivity contribution in [3.63, 3.8) is 0 Å². The van der Waals surface area contributed by atoms with Crippen LogP contribution < -0.4 is 14.9 Å². The fraction of sp³-hybridized carbons (Fsp3) is 0.300. The summed E-state index contributed by atoms with van der Waals surface area (Å²) in [5.74, 6) is 0.484. The Morgan fingerprint density at radius 2 is 1.87 bits per heavy atom. The van der Waals surface area contributed by atoms with Crippen LogP contribution in [0.25, 0.3) is 0 Å². The first-order valence-electron chi connectivity index (χ1n) is 9.19. The van der Waals surface area contributed by atoms with Gasteiger partial charge in [-0.15, -0.1) is 0 Å². The number of nitrogens with one attached hydrogen (secondary N) is 1. The van der Waals surface area contributed by atoms with E-state index >= 15 is 0 Å². The van der Waals surface area contributed by atoms with Crippen LogP contribution >= 0.6 is 0 Å². The molecule has 3 rings (SSSR count). The molecule has 1 aliphatic heterocycles. The number of ether oxygens (including phenoxy) is 3. The number of hydrogen-bond donors (Lipinski definition) is 1. The Morgan fingerprint density at radius 1 is 1.13 bits per heavy atom. The number of nitrogens with zero attached hydrogens (tertiary/aromatic N) is 2. The molecule has 0 unspecified atom stereocenters. The zero-order valence-corrected chi connectivity index (χ0v) is 17.5. The van der Waals surface area contributed by atoms with Gasteiger partial charge in [-0.25, -0.2) is 13.8 Å². The molecule has 1 heterocycles. The van der Waals surface area contributed by atoms with Gasteiger partial charge >= 0.3 is 0 Å². The number of hydrazone groups is 1. The molecule has 1 N–H and O–H groups in total. The van der Waals surface area contributed by atoms with Crippen molar-refractivity contribution in [3.8, 4) is 11.5 Å². The van der Waals surface area contributed by atoms with Gasteiger partial charge in [0, 0.05) is 24.2 Å². The van der Waals surface area contributed by atoms with Crippen molar-refractivity contribution in [2.75, 3.05) is 40.5 Å². The van der Waals surface area contributed by atoms with Crippen molar-refractivity contribution < 1.29 is 27.4 Å². The summed E-state index contributed by atoms with van der Waals surface area (Å²) in [4.78, 5) is 12.5. The molecule has 160 valence electrons. The summed E-state index contributed by atoms with van der Waals surface area (Å²) in [6, 6.07) is 11.1. The molecular formula is C20H23N3O6S. The Morgan fingerprint density at radius 3 is 2.57 bits per heavy atom. The fourth-order valence-electron chi connectivity index (χ4n) is 2.97. The van der Waals surface area contributed by atoms with Crippen LogP contribution in [0.1, 0.15) is 15.9 Å². The summed E-state index contributed by atoms with van der Waals surface area (Å²) < 4.78 is 42.6. The van der Waals surface area contributed by atoms with Crippen LogP contribution in [0.15, 0.2) is 52.5 Å². The summed E-state index contributed by atoms with van der Waals surface area (Å²) in [5, 5.41) is 3.95. The third-order valence-electron chi connectivity index (χ3n) is 4.51. The van der Waals surface area contributed by atoms with Crippen LogP contribution in [0.4, 0.5) is 0 Å². The average Bonchev–Trinajstić information content (AvgIpc) is 2.79. The first-order valence-corrected chi connectivity index (χ1v) is 10.6. The average molecular weight is 433 g/mol. The molecule has 0 bridgehead atoms. The van der Waals surface area contributed by atoms with Gasteiger partial charge in [-0.1, -0.05) is 12.1 Å². The van der Waals surface area contributed by atoms with Crippen LogP contribution in [0.3, 0.4) is 0 Å². The molecule has 2 aromatic rings. The molecule has 0 spiro atoms. The highest BCUT2D eigenvalue weighted by atomic mass is 32.2. The minimum Gasteiger partial charge on any atom is -0.493 e. The monoisotopic (exact) mass is 433 g/mol. The summed E-state index contributed by atoms with van der Waals surface area (Å²) >= 11 is 0. The maximum Gasteiger partial charge on any atom is 0.271 e. The zero-order chi connectivity index (χ0) is 21.6. The standard InChI is InChI=1S/C20H23N3O6S/c1-27-18-8-4-6-16(19(18)28-2)14-21-22-20(24)15-5-3-7-17(13-15)30(25,26)23-9-11-29-12-10-23/h3-8,13-14H,9-12H2,1-2H3,(H,22,24)/b21-14+. The van der Waals surface area contributed by atoms with Crippen LogP contribution in [0, 0.1) is 0 Å². The molecule has 30 heavy (non-hydrogen) atoms. The molecule has 0 aliphatic carbocycles. The predicted octanol–water partition coefficient (Wildman–Crippen LogP) is 1.49. The number of rotatable bonds is 7. The molecule has 1 amide bonds. The molecule has 0 radical (unpaired) electrons. The van der Waals surface area contributed by atoms with Gasteiger partial charge in [0.2, 0.25) is 10.0 Å². The second-order valence-electron chi connectivity index (χ2n) is 6.33. The number of benzene rings is 2. The Labute approximate surface area is 175 Å². The van der Waals surface area contributed by atoms with Crippen molar-refractivity contribution in [2.24, 2.45) is 5.10 Å². The van der Waals surface area contributed by atoms with E-state index < -0.39 is 15.9 Å². The number of sulfonamides is 1. The van der Waals surface area contributed by atoms with E-state index in [1.807, 2.05) is 0 Å². The smallest absolute Gasteiger partial charge is 0.271 e. The summed E-state index contributed by atoms with van der Waals surface area (Å²) in [6.45, 7) is 1.26. The highest BCUT2D eigenvalue weighted by Gasteiger charge is 2.26. The molecule has 9 nitrogen and oxygen atoms in total. The first-order chi connectivity index (χ1) is 14.5. The number of methoxy groups -OCH3 is 2.